The standard InChI is InChI=1S/C10H12ClN5O/c11-10-14-8-7(12-5-13-8)9(15-10)16-3-1-2-6(16)4-17/h5-6,17H,1-4H2,(H,12,13,14,15). The summed E-state index contributed by atoms with van der Waals surface area (Å²) in [4.78, 5) is 17.5. The van der Waals surface area contributed by atoms with Gasteiger partial charge in [-0.15, -0.1) is 0 Å². The topological polar surface area (TPSA) is 77.9 Å². The molecule has 17 heavy (non-hydrogen) atoms. The van der Waals surface area contributed by atoms with Gasteiger partial charge in [0.15, 0.2) is 11.5 Å². The van der Waals surface area contributed by atoms with Crippen molar-refractivity contribution < 1.29 is 5.11 Å². The molecule has 0 spiro atoms. The summed E-state index contributed by atoms with van der Waals surface area (Å²) in [6.07, 6.45) is 3.58. The third-order valence-corrected chi connectivity index (χ3v) is 3.27. The lowest BCUT2D eigenvalue weighted by Crippen LogP contribution is -2.33. The molecule has 2 aromatic rings. The van der Waals surface area contributed by atoms with Crippen LogP contribution in [0.2, 0.25) is 5.28 Å². The average molecular weight is 254 g/mol. The van der Waals surface area contributed by atoms with Gasteiger partial charge in [0.2, 0.25) is 5.28 Å². The number of imidazole rings is 1. The first-order valence-corrected chi connectivity index (χ1v) is 5.91. The zero-order valence-corrected chi connectivity index (χ0v) is 9.85. The third kappa shape index (κ3) is 1.73. The van der Waals surface area contributed by atoms with E-state index in [0.717, 1.165) is 30.7 Å². The molecule has 2 N–H and O–H groups in total. The van der Waals surface area contributed by atoms with Gasteiger partial charge in [0.1, 0.15) is 5.52 Å². The fourth-order valence-corrected chi connectivity index (χ4v) is 2.46. The maximum absolute atomic E-state index is 9.35. The molecule has 1 aliphatic rings. The molecule has 90 valence electrons. The molecule has 0 amide bonds. The van der Waals surface area contributed by atoms with E-state index >= 15 is 0 Å². The molecule has 1 saturated heterocycles. The molecule has 0 bridgehead atoms. The smallest absolute Gasteiger partial charge is 0.226 e. The van der Waals surface area contributed by atoms with Crippen LogP contribution < -0.4 is 4.90 Å². The van der Waals surface area contributed by atoms with Crippen molar-refractivity contribution in [3.63, 3.8) is 0 Å². The van der Waals surface area contributed by atoms with E-state index in [1.807, 2.05) is 0 Å². The minimum Gasteiger partial charge on any atom is -0.394 e. The molecule has 0 saturated carbocycles. The molecule has 7 heteroatoms. The zero-order valence-electron chi connectivity index (χ0n) is 9.10. The normalized spacial score (nSPS) is 20.4. The van der Waals surface area contributed by atoms with E-state index in [9.17, 15) is 5.11 Å². The minimum absolute atomic E-state index is 0.104. The number of anilines is 1. The summed E-state index contributed by atoms with van der Waals surface area (Å²) in [6.45, 7) is 0.990. The molecule has 0 radical (unpaired) electrons. The van der Waals surface area contributed by atoms with E-state index in [2.05, 4.69) is 24.8 Å². The number of fused-ring (bicyclic) bond motifs is 1. The van der Waals surface area contributed by atoms with Crippen LogP contribution in [0.3, 0.4) is 0 Å². The number of rotatable bonds is 2. The average Bonchev–Trinajstić information content (AvgIpc) is 2.95. The Kier molecular flexibility index (Phi) is 2.60. The van der Waals surface area contributed by atoms with Crippen molar-refractivity contribution in [1.29, 1.82) is 0 Å². The molecule has 3 rings (SSSR count). The number of nitrogens with one attached hydrogen (secondary N) is 1. The maximum Gasteiger partial charge on any atom is 0.226 e. The predicted molar refractivity (Wildman–Crippen MR) is 64.1 cm³/mol. The summed E-state index contributed by atoms with van der Waals surface area (Å²) in [5.74, 6) is 0.731. The van der Waals surface area contributed by atoms with Crippen molar-refractivity contribution in [2.75, 3.05) is 18.1 Å². The lowest BCUT2D eigenvalue weighted by molar-refractivity contribution is 0.266. The van der Waals surface area contributed by atoms with Crippen LogP contribution in [0.25, 0.3) is 11.2 Å². The van der Waals surface area contributed by atoms with E-state index in [1.165, 1.54) is 0 Å². The van der Waals surface area contributed by atoms with Crippen LogP contribution >= 0.6 is 11.6 Å². The molecule has 1 aliphatic heterocycles. The molecule has 1 atom stereocenters. The van der Waals surface area contributed by atoms with Crippen LogP contribution in [0.5, 0.6) is 0 Å². The fraction of sp³-hybridized carbons (Fsp3) is 0.500. The Morgan fingerprint density at radius 2 is 2.41 bits per heavy atom. The SMILES string of the molecule is OCC1CCCN1c1nc(Cl)nc2nc[nH]c12. The second kappa shape index (κ2) is 4.12. The van der Waals surface area contributed by atoms with Crippen LogP contribution in [0.15, 0.2) is 6.33 Å². The lowest BCUT2D eigenvalue weighted by atomic mass is 10.2. The minimum atomic E-state index is 0.104. The van der Waals surface area contributed by atoms with E-state index in [4.69, 9.17) is 11.6 Å². The van der Waals surface area contributed by atoms with Gasteiger partial charge in [0.05, 0.1) is 19.0 Å². The number of aliphatic hydroxyl groups is 1. The number of nitrogens with zero attached hydrogens (tertiary/aromatic N) is 4. The molecule has 1 unspecified atom stereocenters. The molecular weight excluding hydrogens is 242 g/mol. The summed E-state index contributed by atoms with van der Waals surface area (Å²) in [5.41, 5.74) is 1.33. The van der Waals surface area contributed by atoms with Crippen molar-refractivity contribution in [1.82, 2.24) is 19.9 Å². The van der Waals surface area contributed by atoms with E-state index in [-0.39, 0.29) is 17.9 Å². The second-order valence-electron chi connectivity index (χ2n) is 4.09. The molecular formula is C10H12ClN5O. The van der Waals surface area contributed by atoms with Gasteiger partial charge in [-0.1, -0.05) is 0 Å². The number of hydrogen-bond acceptors (Lipinski definition) is 5. The molecule has 3 heterocycles. The van der Waals surface area contributed by atoms with Gasteiger partial charge in [0, 0.05) is 6.54 Å². The first kappa shape index (κ1) is 10.7. The highest BCUT2D eigenvalue weighted by molar-refractivity contribution is 6.28. The summed E-state index contributed by atoms with van der Waals surface area (Å²) in [6, 6.07) is 0.104. The lowest BCUT2D eigenvalue weighted by Gasteiger charge is -2.24. The van der Waals surface area contributed by atoms with Gasteiger partial charge in [-0.3, -0.25) is 0 Å². The fourth-order valence-electron chi connectivity index (χ4n) is 2.30. The van der Waals surface area contributed by atoms with Crippen LogP contribution in [0, 0.1) is 0 Å². The number of hydrogen-bond donors (Lipinski definition) is 2. The second-order valence-corrected chi connectivity index (χ2v) is 4.43. The Morgan fingerprint density at radius 3 is 3.24 bits per heavy atom. The van der Waals surface area contributed by atoms with Gasteiger partial charge in [-0.25, -0.2) is 4.98 Å². The van der Waals surface area contributed by atoms with E-state index in [1.54, 1.807) is 6.33 Å². The maximum atomic E-state index is 9.35. The van der Waals surface area contributed by atoms with Gasteiger partial charge in [-0.05, 0) is 24.4 Å². The van der Waals surface area contributed by atoms with E-state index in [0.29, 0.717) is 5.65 Å². The zero-order chi connectivity index (χ0) is 11.8. The Bertz CT molecular complexity index is 542. The predicted octanol–water partition coefficient (Wildman–Crippen LogP) is 0.967. The summed E-state index contributed by atoms with van der Waals surface area (Å²) in [5, 5.41) is 9.53. The Labute approximate surface area is 103 Å². The van der Waals surface area contributed by atoms with Crippen LogP contribution in [0.1, 0.15) is 12.8 Å². The van der Waals surface area contributed by atoms with Crippen molar-refractivity contribution in [2.45, 2.75) is 18.9 Å². The van der Waals surface area contributed by atoms with Crippen molar-refractivity contribution in [2.24, 2.45) is 0 Å². The first-order chi connectivity index (χ1) is 8.29. The molecule has 0 aromatic carbocycles. The highest BCUT2D eigenvalue weighted by Crippen LogP contribution is 2.29. The quantitative estimate of drug-likeness (QED) is 0.780. The Morgan fingerprint density at radius 1 is 1.53 bits per heavy atom. The van der Waals surface area contributed by atoms with Gasteiger partial charge in [0.25, 0.3) is 0 Å². The van der Waals surface area contributed by atoms with Crippen molar-refractivity contribution in [3.8, 4) is 0 Å². The number of aromatic nitrogens is 4. The van der Waals surface area contributed by atoms with Crippen LogP contribution in [0.4, 0.5) is 5.82 Å². The highest BCUT2D eigenvalue weighted by Gasteiger charge is 2.27. The van der Waals surface area contributed by atoms with Gasteiger partial charge in [-0.2, -0.15) is 9.97 Å². The van der Waals surface area contributed by atoms with Crippen LogP contribution in [-0.4, -0.2) is 44.2 Å². The first-order valence-electron chi connectivity index (χ1n) is 5.53. The summed E-state index contributed by atoms with van der Waals surface area (Å²) < 4.78 is 0. The third-order valence-electron chi connectivity index (χ3n) is 3.10. The molecule has 6 nitrogen and oxygen atoms in total. The molecule has 0 aliphatic carbocycles. The summed E-state index contributed by atoms with van der Waals surface area (Å²) in [7, 11) is 0. The highest BCUT2D eigenvalue weighted by atomic mass is 35.5. The van der Waals surface area contributed by atoms with Crippen molar-refractivity contribution >= 4 is 28.6 Å². The Hall–Kier alpha value is -1.40. The number of halogens is 1. The van der Waals surface area contributed by atoms with Crippen molar-refractivity contribution in [3.05, 3.63) is 11.6 Å². The summed E-state index contributed by atoms with van der Waals surface area (Å²) >= 11 is 5.88. The van der Waals surface area contributed by atoms with E-state index < -0.39 is 0 Å². The van der Waals surface area contributed by atoms with Gasteiger partial charge < -0.3 is 15.0 Å². The number of aliphatic hydroxyl groups excluding tert-OH is 1. The monoisotopic (exact) mass is 253 g/mol. The molecule has 2 aromatic heterocycles. The van der Waals surface area contributed by atoms with Crippen LogP contribution in [-0.2, 0) is 0 Å². The number of H-pyrrole nitrogens is 1. The molecule has 1 fully saturated rings. The van der Waals surface area contributed by atoms with Gasteiger partial charge >= 0.3 is 0 Å². The Balaban J connectivity index is 2.12. The number of aromatic amines is 1. The largest absolute Gasteiger partial charge is 0.394 e.